The van der Waals surface area contributed by atoms with Gasteiger partial charge in [-0.2, -0.15) is 0 Å². The number of likely N-dealkylation sites (tertiary alicyclic amines) is 1. The van der Waals surface area contributed by atoms with Gasteiger partial charge in [-0.15, -0.1) is 11.8 Å². The summed E-state index contributed by atoms with van der Waals surface area (Å²) >= 11 is 1.73. The van der Waals surface area contributed by atoms with Crippen molar-refractivity contribution in [3.63, 3.8) is 0 Å². The van der Waals surface area contributed by atoms with Gasteiger partial charge in [-0.1, -0.05) is 50.3 Å². The maximum Gasteiger partial charge on any atom is 0.244 e. The van der Waals surface area contributed by atoms with Crippen LogP contribution in [0.15, 0.2) is 30.3 Å². The van der Waals surface area contributed by atoms with E-state index in [-0.39, 0.29) is 35.6 Å². The van der Waals surface area contributed by atoms with Crippen LogP contribution in [0.3, 0.4) is 0 Å². The SMILES string of the molecule is O=C(NC1CCCCC1)C1N(CCCCCCO)C(=O)[C@@H]2[C@H](C(=O)Nc3ccccc3)[C@@H]3CCC12S3. The van der Waals surface area contributed by atoms with Crippen molar-refractivity contribution >= 4 is 35.2 Å². The Morgan fingerprint density at radius 2 is 1.75 bits per heavy atom. The molecule has 4 fully saturated rings. The molecule has 1 spiro atoms. The zero-order valence-electron chi connectivity index (χ0n) is 21.0. The van der Waals surface area contributed by atoms with Gasteiger partial charge in [-0.05, 0) is 50.7 Å². The van der Waals surface area contributed by atoms with Crippen molar-refractivity contribution in [2.75, 3.05) is 18.5 Å². The molecule has 36 heavy (non-hydrogen) atoms. The highest BCUT2D eigenvalue weighted by molar-refractivity contribution is 8.02. The first kappa shape index (κ1) is 25.6. The van der Waals surface area contributed by atoms with E-state index in [9.17, 15) is 14.4 Å². The van der Waals surface area contributed by atoms with E-state index in [0.29, 0.717) is 6.54 Å². The molecule has 3 aliphatic heterocycles. The first-order chi connectivity index (χ1) is 17.5. The van der Waals surface area contributed by atoms with Gasteiger partial charge >= 0.3 is 0 Å². The lowest BCUT2D eigenvalue weighted by Gasteiger charge is -2.35. The number of carbonyl (C=O) groups is 3. The zero-order valence-corrected chi connectivity index (χ0v) is 21.8. The van der Waals surface area contributed by atoms with Crippen LogP contribution >= 0.6 is 11.8 Å². The van der Waals surface area contributed by atoms with Crippen molar-refractivity contribution in [1.29, 1.82) is 0 Å². The molecule has 5 rings (SSSR count). The molecular weight excluding hydrogens is 474 g/mol. The fraction of sp³-hybridized carbons (Fsp3) is 0.679. The molecule has 3 saturated heterocycles. The van der Waals surface area contributed by atoms with Gasteiger partial charge < -0.3 is 20.6 Å². The number of fused-ring (bicyclic) bond motifs is 1. The van der Waals surface area contributed by atoms with E-state index in [1.165, 1.54) is 6.42 Å². The highest BCUT2D eigenvalue weighted by atomic mass is 32.2. The number of thioether (sulfide) groups is 1. The Bertz CT molecular complexity index is 953. The minimum atomic E-state index is -0.524. The Balaban J connectivity index is 1.38. The maximum absolute atomic E-state index is 14.0. The van der Waals surface area contributed by atoms with Crippen molar-refractivity contribution < 1.29 is 19.5 Å². The number of para-hydroxylation sites is 1. The normalized spacial score (nSPS) is 31.5. The highest BCUT2D eigenvalue weighted by Crippen LogP contribution is 2.66. The smallest absolute Gasteiger partial charge is 0.244 e. The molecular formula is C28H39N3O4S. The number of anilines is 1. The lowest BCUT2D eigenvalue weighted by molar-refractivity contribution is -0.139. The fourth-order valence-corrected chi connectivity index (χ4v) is 9.24. The van der Waals surface area contributed by atoms with E-state index in [1.54, 1.807) is 11.8 Å². The number of hydrogen-bond donors (Lipinski definition) is 3. The average molecular weight is 514 g/mol. The van der Waals surface area contributed by atoms with Gasteiger partial charge in [0.05, 0.1) is 16.6 Å². The number of carbonyl (C=O) groups excluding carboxylic acids is 3. The molecule has 1 aliphatic carbocycles. The molecule has 2 bridgehead atoms. The van der Waals surface area contributed by atoms with E-state index in [2.05, 4.69) is 10.6 Å². The molecule has 5 atom stereocenters. The molecule has 1 saturated carbocycles. The van der Waals surface area contributed by atoms with E-state index in [1.807, 2.05) is 35.2 Å². The summed E-state index contributed by atoms with van der Waals surface area (Å²) in [6.45, 7) is 0.708. The van der Waals surface area contributed by atoms with Crippen LogP contribution in [0.5, 0.6) is 0 Å². The third-order valence-electron chi connectivity index (χ3n) is 8.65. The summed E-state index contributed by atoms with van der Waals surface area (Å²) in [6, 6.07) is 9.08. The predicted molar refractivity (Wildman–Crippen MR) is 141 cm³/mol. The molecule has 3 N–H and O–H groups in total. The summed E-state index contributed by atoms with van der Waals surface area (Å²) in [7, 11) is 0. The van der Waals surface area contributed by atoms with E-state index >= 15 is 0 Å². The van der Waals surface area contributed by atoms with Crippen molar-refractivity contribution in [1.82, 2.24) is 10.2 Å². The van der Waals surface area contributed by atoms with Gasteiger partial charge in [0.1, 0.15) is 6.04 Å². The maximum atomic E-state index is 14.0. The minimum Gasteiger partial charge on any atom is -0.396 e. The molecule has 0 radical (unpaired) electrons. The minimum absolute atomic E-state index is 0.0228. The highest BCUT2D eigenvalue weighted by Gasteiger charge is 2.73. The number of nitrogens with one attached hydrogen (secondary N) is 2. The number of amides is 3. The van der Waals surface area contributed by atoms with Crippen molar-refractivity contribution in [2.24, 2.45) is 11.8 Å². The number of nitrogens with zero attached hydrogens (tertiary/aromatic N) is 1. The quantitative estimate of drug-likeness (QED) is 0.414. The van der Waals surface area contributed by atoms with Crippen LogP contribution in [0.25, 0.3) is 0 Å². The van der Waals surface area contributed by atoms with Crippen molar-refractivity contribution in [3.05, 3.63) is 30.3 Å². The molecule has 1 aromatic rings. The predicted octanol–water partition coefficient (Wildman–Crippen LogP) is 3.72. The molecule has 3 heterocycles. The number of aliphatic hydroxyl groups is 1. The van der Waals surface area contributed by atoms with Crippen LogP contribution in [-0.4, -0.2) is 63.0 Å². The standard InChI is InChI=1S/C28H39N3O4S/c32-18-10-2-1-9-17-31-24(26(34)30-20-13-7-4-8-14-20)28-16-15-21(36-28)22(23(28)27(31)35)25(33)29-19-11-5-3-6-12-19/h3,5-6,11-12,20-24,32H,1-2,4,7-10,13-18H2,(H,29,33)(H,30,34)/t21-,22+,23-,24?,28?/m0/s1. The molecule has 4 aliphatic rings. The molecule has 0 aromatic heterocycles. The van der Waals surface area contributed by atoms with Crippen LogP contribution < -0.4 is 10.6 Å². The van der Waals surface area contributed by atoms with E-state index in [4.69, 9.17) is 5.11 Å². The Morgan fingerprint density at radius 3 is 2.50 bits per heavy atom. The van der Waals surface area contributed by atoms with Crippen LogP contribution in [0, 0.1) is 11.8 Å². The van der Waals surface area contributed by atoms with E-state index in [0.717, 1.165) is 69.9 Å². The Labute approximate surface area is 218 Å². The van der Waals surface area contributed by atoms with Gasteiger partial charge in [-0.3, -0.25) is 14.4 Å². The Kier molecular flexibility index (Phi) is 7.91. The number of benzene rings is 1. The van der Waals surface area contributed by atoms with Crippen LogP contribution in [0.2, 0.25) is 0 Å². The second kappa shape index (κ2) is 11.1. The van der Waals surface area contributed by atoms with Gasteiger partial charge in [0.25, 0.3) is 0 Å². The molecule has 8 heteroatoms. The number of aliphatic hydroxyl groups excluding tert-OH is 1. The summed E-state index contributed by atoms with van der Waals surface area (Å²) in [6.07, 6.45) is 10.5. The monoisotopic (exact) mass is 513 g/mol. The van der Waals surface area contributed by atoms with Crippen LogP contribution in [-0.2, 0) is 14.4 Å². The topological polar surface area (TPSA) is 98.7 Å². The summed E-state index contributed by atoms with van der Waals surface area (Å²) < 4.78 is -0.524. The summed E-state index contributed by atoms with van der Waals surface area (Å²) in [5.41, 5.74) is 0.738. The molecule has 1 aromatic carbocycles. The van der Waals surface area contributed by atoms with Gasteiger partial charge in [0.2, 0.25) is 17.7 Å². The van der Waals surface area contributed by atoms with Crippen molar-refractivity contribution in [2.45, 2.75) is 92.7 Å². The van der Waals surface area contributed by atoms with Crippen LogP contribution in [0.4, 0.5) is 5.69 Å². The Hall–Kier alpha value is -2.06. The summed E-state index contributed by atoms with van der Waals surface area (Å²) in [5.74, 6) is -1.02. The largest absolute Gasteiger partial charge is 0.396 e. The third-order valence-corrected chi connectivity index (χ3v) is 10.6. The Morgan fingerprint density at radius 1 is 1.00 bits per heavy atom. The fourth-order valence-electron chi connectivity index (χ4n) is 7.02. The number of hydrogen-bond acceptors (Lipinski definition) is 5. The second-order valence-electron chi connectivity index (χ2n) is 10.9. The third kappa shape index (κ3) is 4.78. The molecule has 3 amide bonds. The van der Waals surface area contributed by atoms with Crippen LogP contribution in [0.1, 0.15) is 70.6 Å². The zero-order chi connectivity index (χ0) is 25.1. The van der Waals surface area contributed by atoms with E-state index < -0.39 is 22.6 Å². The number of rotatable bonds is 10. The van der Waals surface area contributed by atoms with Gasteiger partial charge in [0.15, 0.2) is 0 Å². The first-order valence-electron chi connectivity index (χ1n) is 13.8. The van der Waals surface area contributed by atoms with Gasteiger partial charge in [-0.25, -0.2) is 0 Å². The molecule has 196 valence electrons. The molecule has 2 unspecified atom stereocenters. The second-order valence-corrected chi connectivity index (χ2v) is 12.5. The summed E-state index contributed by atoms with van der Waals surface area (Å²) in [5, 5.41) is 15.5. The average Bonchev–Trinajstić information content (AvgIpc) is 3.52. The number of unbranched alkanes of at least 4 members (excludes halogenated alkanes) is 3. The lowest BCUT2D eigenvalue weighted by atomic mass is 9.70. The molecule has 7 nitrogen and oxygen atoms in total. The lowest BCUT2D eigenvalue weighted by Crippen LogP contribution is -2.55. The summed E-state index contributed by atoms with van der Waals surface area (Å²) in [4.78, 5) is 43.1. The van der Waals surface area contributed by atoms with Crippen molar-refractivity contribution in [3.8, 4) is 0 Å². The van der Waals surface area contributed by atoms with Gasteiger partial charge in [0, 0.05) is 30.1 Å². The first-order valence-corrected chi connectivity index (χ1v) is 14.7.